The van der Waals surface area contributed by atoms with E-state index in [1.807, 2.05) is 56.3 Å². The van der Waals surface area contributed by atoms with E-state index in [4.69, 9.17) is 4.74 Å². The molecule has 4 aromatic rings. The summed E-state index contributed by atoms with van der Waals surface area (Å²) in [4.78, 5) is 32.8. The van der Waals surface area contributed by atoms with Crippen LogP contribution >= 0.6 is 11.3 Å². The van der Waals surface area contributed by atoms with Crippen LogP contribution in [0.25, 0.3) is 16.0 Å². The molecule has 1 N–H and O–H groups in total. The second-order valence-corrected chi connectivity index (χ2v) is 9.25. The summed E-state index contributed by atoms with van der Waals surface area (Å²) in [5.74, 6) is -1.22. The molecule has 0 saturated carbocycles. The largest absolute Gasteiger partial charge is 0.507 e. The number of para-hydroxylation sites is 1. The molecule has 7 heteroatoms. The summed E-state index contributed by atoms with van der Waals surface area (Å²) in [5.41, 5.74) is 3.89. The average molecular weight is 471 g/mol. The maximum atomic E-state index is 13.4. The van der Waals surface area contributed by atoms with Gasteiger partial charge in [-0.25, -0.2) is 4.98 Å². The van der Waals surface area contributed by atoms with E-state index in [1.54, 1.807) is 24.3 Å². The highest BCUT2D eigenvalue weighted by Crippen LogP contribution is 2.46. The van der Waals surface area contributed by atoms with Crippen molar-refractivity contribution in [3.05, 3.63) is 94.6 Å². The zero-order valence-electron chi connectivity index (χ0n) is 18.9. The molecule has 0 aliphatic carbocycles. The Balaban J connectivity index is 1.76. The quantitative estimate of drug-likeness (QED) is 0.240. The molecule has 2 heterocycles. The number of methoxy groups -OCH3 is 1. The summed E-state index contributed by atoms with van der Waals surface area (Å²) in [6.07, 6.45) is 0. The van der Waals surface area contributed by atoms with Crippen molar-refractivity contribution in [2.24, 2.45) is 0 Å². The molecule has 1 fully saturated rings. The van der Waals surface area contributed by atoms with E-state index in [0.717, 1.165) is 21.3 Å². The summed E-state index contributed by atoms with van der Waals surface area (Å²) >= 11 is 1.33. The second kappa shape index (κ2) is 8.43. The number of fused-ring (bicyclic) bond motifs is 1. The fourth-order valence-corrected chi connectivity index (χ4v) is 5.30. The third-order valence-corrected chi connectivity index (χ3v) is 6.96. The van der Waals surface area contributed by atoms with E-state index in [2.05, 4.69) is 4.98 Å². The first-order valence-electron chi connectivity index (χ1n) is 10.8. The second-order valence-electron chi connectivity index (χ2n) is 8.24. The number of Topliss-reactive ketones (excluding diaryl/α,β-unsaturated/α-hetero) is 1. The molecule has 1 saturated heterocycles. The molecular formula is C27H22N2O4S. The number of aliphatic hydroxyl groups is 1. The van der Waals surface area contributed by atoms with Crippen LogP contribution in [0.4, 0.5) is 5.13 Å². The number of ketones is 1. The number of ether oxygens (including phenoxy) is 1. The Morgan fingerprint density at radius 3 is 2.44 bits per heavy atom. The van der Waals surface area contributed by atoms with E-state index in [9.17, 15) is 14.7 Å². The zero-order chi connectivity index (χ0) is 24.0. The Morgan fingerprint density at radius 2 is 1.71 bits per heavy atom. The van der Waals surface area contributed by atoms with E-state index >= 15 is 0 Å². The van der Waals surface area contributed by atoms with Gasteiger partial charge in [0.2, 0.25) is 0 Å². The van der Waals surface area contributed by atoms with Gasteiger partial charge in [0, 0.05) is 11.1 Å². The number of carbonyl (C=O) groups excluding carboxylic acids is 2. The minimum Gasteiger partial charge on any atom is -0.507 e. The predicted octanol–water partition coefficient (Wildman–Crippen LogP) is 5.55. The maximum Gasteiger partial charge on any atom is 0.301 e. The molecule has 34 heavy (non-hydrogen) atoms. The van der Waals surface area contributed by atoms with Crippen LogP contribution in [0, 0.1) is 13.8 Å². The van der Waals surface area contributed by atoms with Crippen molar-refractivity contribution in [2.75, 3.05) is 12.0 Å². The molecule has 0 unspecified atom stereocenters. The van der Waals surface area contributed by atoms with Crippen LogP contribution in [-0.2, 0) is 9.59 Å². The lowest BCUT2D eigenvalue weighted by Crippen LogP contribution is -2.29. The Bertz CT molecular complexity index is 1470. The summed E-state index contributed by atoms with van der Waals surface area (Å²) in [5, 5.41) is 11.6. The monoisotopic (exact) mass is 470 g/mol. The normalized spacial score (nSPS) is 17.5. The van der Waals surface area contributed by atoms with Crippen LogP contribution in [0.2, 0.25) is 0 Å². The van der Waals surface area contributed by atoms with Gasteiger partial charge in [-0.2, -0.15) is 0 Å². The zero-order valence-corrected chi connectivity index (χ0v) is 19.7. The van der Waals surface area contributed by atoms with Gasteiger partial charge in [-0.15, -0.1) is 0 Å². The van der Waals surface area contributed by atoms with Crippen molar-refractivity contribution in [1.29, 1.82) is 0 Å². The molecule has 6 nitrogen and oxygen atoms in total. The van der Waals surface area contributed by atoms with Gasteiger partial charge in [0.25, 0.3) is 5.78 Å². The summed E-state index contributed by atoms with van der Waals surface area (Å²) < 4.78 is 6.48. The van der Waals surface area contributed by atoms with Crippen molar-refractivity contribution >= 4 is 44.1 Å². The molecule has 1 aliphatic rings. The molecule has 3 aromatic carbocycles. The Hall–Kier alpha value is -3.97. The van der Waals surface area contributed by atoms with Gasteiger partial charge in [-0.3, -0.25) is 14.5 Å². The topological polar surface area (TPSA) is 79.7 Å². The first-order valence-corrected chi connectivity index (χ1v) is 11.6. The minimum absolute atomic E-state index is 0.00814. The summed E-state index contributed by atoms with van der Waals surface area (Å²) in [7, 11) is 1.53. The first-order chi connectivity index (χ1) is 16.4. The molecule has 0 spiro atoms. The van der Waals surface area contributed by atoms with Gasteiger partial charge < -0.3 is 9.84 Å². The SMILES string of the molecule is COc1ccccc1[C@H]1/C(=C(\O)c2ccc(C)cc2)C(=O)C(=O)N1c1nc2ccc(C)cc2s1. The van der Waals surface area contributed by atoms with Gasteiger partial charge in [-0.05, 0) is 37.6 Å². The van der Waals surface area contributed by atoms with E-state index in [1.165, 1.54) is 23.3 Å². The highest BCUT2D eigenvalue weighted by atomic mass is 32.1. The van der Waals surface area contributed by atoms with Crippen LogP contribution in [0.15, 0.2) is 72.3 Å². The lowest BCUT2D eigenvalue weighted by molar-refractivity contribution is -0.132. The number of carbonyl (C=O) groups is 2. The van der Waals surface area contributed by atoms with Gasteiger partial charge in [0.05, 0.1) is 22.9 Å². The number of nitrogens with zero attached hydrogens (tertiary/aromatic N) is 2. The average Bonchev–Trinajstić information content (AvgIpc) is 3.36. The molecule has 1 aliphatic heterocycles. The van der Waals surface area contributed by atoms with Gasteiger partial charge in [0.15, 0.2) is 5.13 Å². The highest BCUT2D eigenvalue weighted by molar-refractivity contribution is 7.22. The van der Waals surface area contributed by atoms with Crippen LogP contribution in [0.3, 0.4) is 0 Å². The summed E-state index contributed by atoms with van der Waals surface area (Å²) in [6.45, 7) is 3.92. The number of aryl methyl sites for hydroxylation is 2. The minimum atomic E-state index is -0.890. The Kier molecular flexibility index (Phi) is 5.42. The van der Waals surface area contributed by atoms with Gasteiger partial charge >= 0.3 is 5.91 Å². The van der Waals surface area contributed by atoms with Crippen molar-refractivity contribution in [3.8, 4) is 5.75 Å². The highest BCUT2D eigenvalue weighted by Gasteiger charge is 2.49. The van der Waals surface area contributed by atoms with Gasteiger partial charge in [0.1, 0.15) is 17.6 Å². The predicted molar refractivity (Wildman–Crippen MR) is 133 cm³/mol. The van der Waals surface area contributed by atoms with Crippen LogP contribution < -0.4 is 9.64 Å². The fourth-order valence-electron chi connectivity index (χ4n) is 4.21. The third-order valence-electron chi connectivity index (χ3n) is 5.94. The number of amides is 1. The van der Waals surface area contributed by atoms with E-state index in [0.29, 0.717) is 22.0 Å². The molecule has 170 valence electrons. The van der Waals surface area contributed by atoms with Crippen molar-refractivity contribution in [2.45, 2.75) is 19.9 Å². The molecule has 0 radical (unpaired) electrons. The first kappa shape index (κ1) is 21.9. The molecular weight excluding hydrogens is 448 g/mol. The standard InChI is InChI=1S/C27H22N2O4S/c1-15-8-11-17(12-9-15)24(30)22-23(18-6-4-5-7-20(18)33-3)29(26(32)25(22)31)27-28-19-13-10-16(2)14-21(19)34-27/h4-14,23,30H,1-3H3/b24-22+/t23-/m0/s1. The molecule has 1 aromatic heterocycles. The number of aromatic nitrogens is 1. The number of anilines is 1. The number of aliphatic hydroxyl groups excluding tert-OH is 1. The number of thiazole rings is 1. The molecule has 1 amide bonds. The van der Waals surface area contributed by atoms with Crippen molar-refractivity contribution in [3.63, 3.8) is 0 Å². The van der Waals surface area contributed by atoms with Crippen molar-refractivity contribution in [1.82, 2.24) is 4.98 Å². The Morgan fingerprint density at radius 1 is 1.00 bits per heavy atom. The maximum absolute atomic E-state index is 13.4. The number of rotatable bonds is 4. The fraction of sp³-hybridized carbons (Fsp3) is 0.148. The number of hydrogen-bond acceptors (Lipinski definition) is 6. The smallest absolute Gasteiger partial charge is 0.301 e. The lowest BCUT2D eigenvalue weighted by Gasteiger charge is -2.24. The molecule has 5 rings (SSSR count). The van der Waals surface area contributed by atoms with Crippen LogP contribution in [0.5, 0.6) is 5.75 Å². The van der Waals surface area contributed by atoms with E-state index < -0.39 is 17.7 Å². The van der Waals surface area contributed by atoms with Gasteiger partial charge in [-0.1, -0.05) is 65.4 Å². The van der Waals surface area contributed by atoms with Crippen molar-refractivity contribution < 1.29 is 19.4 Å². The number of hydrogen-bond donors (Lipinski definition) is 1. The molecule has 0 bridgehead atoms. The number of benzene rings is 3. The van der Waals surface area contributed by atoms with Crippen LogP contribution in [-0.4, -0.2) is 28.9 Å². The lowest BCUT2D eigenvalue weighted by atomic mass is 9.94. The van der Waals surface area contributed by atoms with Crippen LogP contribution in [0.1, 0.15) is 28.3 Å². The van der Waals surface area contributed by atoms with E-state index in [-0.39, 0.29) is 11.3 Å². The molecule has 1 atom stereocenters. The Labute approximate surface area is 200 Å². The summed E-state index contributed by atoms with van der Waals surface area (Å²) in [6, 6.07) is 19.3. The third kappa shape index (κ3) is 3.54.